The van der Waals surface area contributed by atoms with Crippen molar-refractivity contribution < 1.29 is 14.3 Å². The van der Waals surface area contributed by atoms with Crippen LogP contribution >= 0.6 is 0 Å². The summed E-state index contributed by atoms with van der Waals surface area (Å²) in [5.74, 6) is 1.03. The molecule has 0 fully saturated rings. The van der Waals surface area contributed by atoms with Crippen LogP contribution in [0.3, 0.4) is 0 Å². The second-order valence-electron chi connectivity index (χ2n) is 6.76. The maximum Gasteiger partial charge on any atom is 0.213 e. The standard InChI is InChI=1S/C20H24N4O3/c1-13(2)24-20(14(3)9-23-24)19-15(6-5-7-21-19)12-27-17-10-22-18(26-4)8-16(17)11-25/h5-11,13-14,20H,12H2,1-4H3. The number of aldehydes is 1. The predicted octanol–water partition coefficient (Wildman–Crippen LogP) is 3.26. The molecule has 7 heteroatoms. The fraction of sp³-hybridized carbons (Fsp3) is 0.400. The summed E-state index contributed by atoms with van der Waals surface area (Å²) < 4.78 is 10.9. The molecule has 0 N–H and O–H groups in total. The number of hydrogen-bond acceptors (Lipinski definition) is 7. The van der Waals surface area contributed by atoms with Crippen LogP contribution in [0.5, 0.6) is 11.6 Å². The van der Waals surface area contributed by atoms with Crippen molar-refractivity contribution >= 4 is 12.5 Å². The van der Waals surface area contributed by atoms with E-state index in [1.807, 2.05) is 18.3 Å². The molecule has 3 rings (SSSR count). The monoisotopic (exact) mass is 368 g/mol. The van der Waals surface area contributed by atoms with E-state index >= 15 is 0 Å². The minimum atomic E-state index is 0.0596. The lowest BCUT2D eigenvalue weighted by molar-refractivity contribution is 0.111. The van der Waals surface area contributed by atoms with Crippen LogP contribution in [-0.2, 0) is 6.61 Å². The molecular formula is C20H24N4O3. The number of hydrazone groups is 1. The zero-order valence-corrected chi connectivity index (χ0v) is 16.0. The third-order valence-electron chi connectivity index (χ3n) is 4.55. The number of pyridine rings is 2. The summed E-state index contributed by atoms with van der Waals surface area (Å²) >= 11 is 0. The zero-order chi connectivity index (χ0) is 19.4. The first-order chi connectivity index (χ1) is 13.0. The summed E-state index contributed by atoms with van der Waals surface area (Å²) in [5.41, 5.74) is 2.29. The smallest absolute Gasteiger partial charge is 0.213 e. The van der Waals surface area contributed by atoms with Crippen molar-refractivity contribution in [3.8, 4) is 11.6 Å². The quantitative estimate of drug-likeness (QED) is 0.698. The van der Waals surface area contributed by atoms with Gasteiger partial charge in [-0.3, -0.25) is 14.8 Å². The maximum absolute atomic E-state index is 11.3. The summed E-state index contributed by atoms with van der Waals surface area (Å²) in [7, 11) is 1.50. The van der Waals surface area contributed by atoms with Gasteiger partial charge in [-0.1, -0.05) is 13.0 Å². The minimum Gasteiger partial charge on any atom is -0.486 e. The molecule has 3 heterocycles. The van der Waals surface area contributed by atoms with Gasteiger partial charge < -0.3 is 9.47 Å². The lowest BCUT2D eigenvalue weighted by atomic mass is 9.96. The molecule has 7 nitrogen and oxygen atoms in total. The van der Waals surface area contributed by atoms with E-state index < -0.39 is 0 Å². The summed E-state index contributed by atoms with van der Waals surface area (Å²) in [6.07, 6.45) is 5.98. The van der Waals surface area contributed by atoms with Crippen molar-refractivity contribution in [2.75, 3.05) is 7.11 Å². The molecule has 2 aromatic rings. The van der Waals surface area contributed by atoms with Crippen molar-refractivity contribution in [1.82, 2.24) is 15.0 Å². The van der Waals surface area contributed by atoms with Crippen LogP contribution in [0.25, 0.3) is 0 Å². The normalized spacial score (nSPS) is 18.8. The van der Waals surface area contributed by atoms with Crippen LogP contribution in [0.1, 0.15) is 48.4 Å². The highest BCUT2D eigenvalue weighted by atomic mass is 16.5. The van der Waals surface area contributed by atoms with Crippen molar-refractivity contribution in [3.63, 3.8) is 0 Å². The molecule has 2 unspecified atom stereocenters. The molecule has 142 valence electrons. The van der Waals surface area contributed by atoms with E-state index in [9.17, 15) is 4.79 Å². The summed E-state index contributed by atoms with van der Waals surface area (Å²) in [6, 6.07) is 5.75. The number of carbonyl (C=O) groups is 1. The lowest BCUT2D eigenvalue weighted by Crippen LogP contribution is -2.31. The highest BCUT2D eigenvalue weighted by molar-refractivity contribution is 5.79. The van der Waals surface area contributed by atoms with Gasteiger partial charge in [0.05, 0.1) is 30.6 Å². The van der Waals surface area contributed by atoms with Gasteiger partial charge in [0.15, 0.2) is 6.29 Å². The lowest BCUT2D eigenvalue weighted by Gasteiger charge is -2.30. The van der Waals surface area contributed by atoms with E-state index in [2.05, 4.69) is 40.8 Å². The van der Waals surface area contributed by atoms with E-state index in [0.29, 0.717) is 17.2 Å². The number of ether oxygens (including phenoxy) is 2. The second-order valence-corrected chi connectivity index (χ2v) is 6.76. The molecule has 0 spiro atoms. The van der Waals surface area contributed by atoms with Gasteiger partial charge in [-0.2, -0.15) is 5.10 Å². The molecule has 2 atom stereocenters. The van der Waals surface area contributed by atoms with Crippen molar-refractivity contribution in [3.05, 3.63) is 47.4 Å². The van der Waals surface area contributed by atoms with Crippen LogP contribution in [0.4, 0.5) is 0 Å². The highest BCUT2D eigenvalue weighted by Crippen LogP contribution is 2.35. The molecule has 0 saturated carbocycles. The molecule has 0 aliphatic carbocycles. The average molecular weight is 368 g/mol. The Morgan fingerprint density at radius 2 is 2.15 bits per heavy atom. The van der Waals surface area contributed by atoms with E-state index in [1.54, 1.807) is 12.3 Å². The average Bonchev–Trinajstić information content (AvgIpc) is 3.08. The van der Waals surface area contributed by atoms with Crippen molar-refractivity contribution in [2.24, 2.45) is 11.0 Å². The van der Waals surface area contributed by atoms with E-state index in [4.69, 9.17) is 9.47 Å². The van der Waals surface area contributed by atoms with Gasteiger partial charge in [0.1, 0.15) is 12.4 Å². The van der Waals surface area contributed by atoms with Gasteiger partial charge >= 0.3 is 0 Å². The molecule has 2 aromatic heterocycles. The molecule has 27 heavy (non-hydrogen) atoms. The van der Waals surface area contributed by atoms with Gasteiger partial charge in [-0.15, -0.1) is 0 Å². The van der Waals surface area contributed by atoms with Crippen LogP contribution < -0.4 is 9.47 Å². The van der Waals surface area contributed by atoms with Gasteiger partial charge in [-0.05, 0) is 19.9 Å². The molecular weight excluding hydrogens is 344 g/mol. The van der Waals surface area contributed by atoms with E-state index in [-0.39, 0.29) is 24.6 Å². The number of nitrogens with zero attached hydrogens (tertiary/aromatic N) is 4. The third kappa shape index (κ3) is 3.92. The minimum absolute atomic E-state index is 0.0596. The maximum atomic E-state index is 11.3. The van der Waals surface area contributed by atoms with Crippen molar-refractivity contribution in [2.45, 2.75) is 39.5 Å². The Morgan fingerprint density at radius 1 is 1.33 bits per heavy atom. The summed E-state index contributed by atoms with van der Waals surface area (Å²) in [4.78, 5) is 20.1. The van der Waals surface area contributed by atoms with Gasteiger partial charge in [0, 0.05) is 36.0 Å². The predicted molar refractivity (Wildman–Crippen MR) is 102 cm³/mol. The molecule has 0 saturated heterocycles. The zero-order valence-electron chi connectivity index (χ0n) is 16.0. The first kappa shape index (κ1) is 18.8. The number of methoxy groups -OCH3 is 1. The topological polar surface area (TPSA) is 76.9 Å². The summed E-state index contributed by atoms with van der Waals surface area (Å²) in [5, 5.41) is 6.61. The van der Waals surface area contributed by atoms with E-state index in [0.717, 1.165) is 17.5 Å². The first-order valence-corrected chi connectivity index (χ1v) is 8.93. The van der Waals surface area contributed by atoms with E-state index in [1.165, 1.54) is 13.3 Å². The number of aromatic nitrogens is 2. The van der Waals surface area contributed by atoms with Gasteiger partial charge in [-0.25, -0.2) is 4.98 Å². The highest BCUT2D eigenvalue weighted by Gasteiger charge is 2.33. The van der Waals surface area contributed by atoms with Gasteiger partial charge in [0.2, 0.25) is 5.88 Å². The van der Waals surface area contributed by atoms with Crippen LogP contribution in [-0.4, -0.2) is 40.6 Å². The Bertz CT molecular complexity index is 838. The van der Waals surface area contributed by atoms with Crippen LogP contribution in [0, 0.1) is 5.92 Å². The molecule has 0 amide bonds. The molecule has 1 aliphatic rings. The Morgan fingerprint density at radius 3 is 2.85 bits per heavy atom. The number of carbonyl (C=O) groups excluding carboxylic acids is 1. The third-order valence-corrected chi connectivity index (χ3v) is 4.55. The Labute approximate surface area is 159 Å². The SMILES string of the molecule is COc1cc(C=O)c(OCc2cccnc2C2C(C)C=NN2C(C)C)cn1. The fourth-order valence-electron chi connectivity index (χ4n) is 3.16. The van der Waals surface area contributed by atoms with Crippen LogP contribution in [0.2, 0.25) is 0 Å². The molecule has 1 aliphatic heterocycles. The fourth-order valence-corrected chi connectivity index (χ4v) is 3.16. The largest absolute Gasteiger partial charge is 0.486 e. The Kier molecular flexibility index (Phi) is 5.69. The Balaban J connectivity index is 1.84. The van der Waals surface area contributed by atoms with Crippen LogP contribution in [0.15, 0.2) is 35.7 Å². The molecule has 0 aromatic carbocycles. The number of rotatable bonds is 7. The first-order valence-electron chi connectivity index (χ1n) is 8.93. The number of hydrogen-bond donors (Lipinski definition) is 0. The van der Waals surface area contributed by atoms with Crippen molar-refractivity contribution in [1.29, 1.82) is 0 Å². The second kappa shape index (κ2) is 8.16. The molecule has 0 radical (unpaired) electrons. The Hall–Kier alpha value is -2.96. The molecule has 0 bridgehead atoms. The van der Waals surface area contributed by atoms with Gasteiger partial charge in [0.25, 0.3) is 0 Å². The summed E-state index contributed by atoms with van der Waals surface area (Å²) in [6.45, 7) is 6.64.